The molecule has 1 aromatic rings. The van der Waals surface area contributed by atoms with E-state index in [0.717, 1.165) is 37.2 Å². The third kappa shape index (κ3) is 8.67. The zero-order valence-corrected chi connectivity index (χ0v) is 19.6. The van der Waals surface area contributed by atoms with Crippen LogP contribution in [0.5, 0.6) is 0 Å². The van der Waals surface area contributed by atoms with Gasteiger partial charge >= 0.3 is 6.18 Å². The van der Waals surface area contributed by atoms with E-state index in [0.29, 0.717) is 12.5 Å². The zero-order valence-electron chi connectivity index (χ0n) is 16.5. The van der Waals surface area contributed by atoms with Crippen molar-refractivity contribution in [1.29, 1.82) is 0 Å². The number of benzene rings is 1. The van der Waals surface area contributed by atoms with Crippen molar-refractivity contribution in [1.82, 2.24) is 15.5 Å². The number of guanidine groups is 1. The molecule has 0 saturated carbocycles. The Bertz CT molecular complexity index is 770. The number of nitrogens with one attached hydrogen (secondary N) is 2. The normalized spacial score (nSPS) is 18.4. The number of alkyl halides is 3. The van der Waals surface area contributed by atoms with Crippen LogP contribution >= 0.6 is 24.0 Å². The maximum Gasteiger partial charge on any atom is 0.416 e. The van der Waals surface area contributed by atoms with Gasteiger partial charge in [0.1, 0.15) is 0 Å². The summed E-state index contributed by atoms with van der Waals surface area (Å²) in [5.74, 6) is 0.713. The number of rotatable bonds is 7. The average Bonchev–Trinajstić information content (AvgIpc) is 3.07. The van der Waals surface area contributed by atoms with Gasteiger partial charge in [0.25, 0.3) is 0 Å². The molecule has 0 amide bonds. The topological polar surface area (TPSA) is 73.8 Å². The van der Waals surface area contributed by atoms with Crippen LogP contribution in [0.3, 0.4) is 0 Å². The second-order valence-corrected chi connectivity index (χ2v) is 9.27. The summed E-state index contributed by atoms with van der Waals surface area (Å²) in [6, 6.07) is 5.38. The molecular formula is C18H28F3IN4O2S. The molecular weight excluding hydrogens is 520 g/mol. The van der Waals surface area contributed by atoms with Crippen LogP contribution in [0.2, 0.25) is 0 Å². The number of aliphatic imine (C=N–C) groups is 1. The molecule has 0 spiro atoms. The number of likely N-dealkylation sites (tertiary alicyclic amines) is 1. The number of hydrogen-bond donors (Lipinski definition) is 2. The lowest BCUT2D eigenvalue weighted by atomic mass is 10.1. The SMILES string of the molecule is CCS(=O)(=O)CCNC(=NC)NC1CCN(Cc2ccc(C(F)(F)F)cc2)C1.I. The fraction of sp³-hybridized carbons (Fsp3) is 0.611. The molecule has 29 heavy (non-hydrogen) atoms. The fourth-order valence-corrected chi connectivity index (χ4v) is 3.71. The van der Waals surface area contributed by atoms with Gasteiger partial charge in [0.15, 0.2) is 15.8 Å². The molecule has 0 radical (unpaired) electrons. The molecule has 1 fully saturated rings. The van der Waals surface area contributed by atoms with Gasteiger partial charge < -0.3 is 10.6 Å². The molecule has 1 atom stereocenters. The van der Waals surface area contributed by atoms with E-state index in [1.807, 2.05) is 0 Å². The Morgan fingerprint density at radius 1 is 1.28 bits per heavy atom. The second kappa shape index (κ2) is 11.3. The summed E-state index contributed by atoms with van der Waals surface area (Å²) in [5, 5.41) is 6.27. The standard InChI is InChI=1S/C18H27F3N4O2S.HI/c1-3-28(26,27)11-9-23-17(22-2)24-16-8-10-25(13-16)12-14-4-6-15(7-5-14)18(19,20)21;/h4-7,16H,3,8-13H2,1-2H3,(H2,22,23,24);1H. The predicted molar refractivity (Wildman–Crippen MR) is 119 cm³/mol. The van der Waals surface area contributed by atoms with E-state index in [2.05, 4.69) is 20.5 Å². The van der Waals surface area contributed by atoms with Gasteiger partial charge in [-0.25, -0.2) is 8.42 Å². The Hall–Kier alpha value is -1.08. The van der Waals surface area contributed by atoms with Crippen LogP contribution in [0.15, 0.2) is 29.3 Å². The van der Waals surface area contributed by atoms with Crippen LogP contribution < -0.4 is 10.6 Å². The summed E-state index contributed by atoms with van der Waals surface area (Å²) >= 11 is 0. The molecule has 2 rings (SSSR count). The van der Waals surface area contributed by atoms with Gasteiger partial charge in [-0.05, 0) is 24.1 Å². The van der Waals surface area contributed by atoms with E-state index < -0.39 is 21.6 Å². The van der Waals surface area contributed by atoms with Crippen LogP contribution in [0, 0.1) is 0 Å². The predicted octanol–water partition coefficient (Wildman–Crippen LogP) is 2.50. The van der Waals surface area contributed by atoms with Crippen molar-refractivity contribution < 1.29 is 21.6 Å². The highest BCUT2D eigenvalue weighted by Gasteiger charge is 2.30. The summed E-state index contributed by atoms with van der Waals surface area (Å²) < 4.78 is 61.0. The van der Waals surface area contributed by atoms with Crippen LogP contribution in [0.4, 0.5) is 13.2 Å². The molecule has 6 nitrogen and oxygen atoms in total. The lowest BCUT2D eigenvalue weighted by Gasteiger charge is -2.19. The van der Waals surface area contributed by atoms with Gasteiger partial charge in [0.05, 0.1) is 11.3 Å². The largest absolute Gasteiger partial charge is 0.416 e. The van der Waals surface area contributed by atoms with Gasteiger partial charge in [0, 0.05) is 45.0 Å². The third-order valence-electron chi connectivity index (χ3n) is 4.67. The molecule has 11 heteroatoms. The van der Waals surface area contributed by atoms with Gasteiger partial charge in [-0.3, -0.25) is 9.89 Å². The van der Waals surface area contributed by atoms with Crippen molar-refractivity contribution in [2.45, 2.75) is 32.1 Å². The van der Waals surface area contributed by atoms with E-state index in [-0.39, 0.29) is 48.1 Å². The quantitative estimate of drug-likeness (QED) is 0.312. The molecule has 166 valence electrons. The maximum absolute atomic E-state index is 12.6. The Morgan fingerprint density at radius 3 is 2.48 bits per heavy atom. The maximum atomic E-state index is 12.6. The van der Waals surface area contributed by atoms with E-state index in [1.54, 1.807) is 14.0 Å². The van der Waals surface area contributed by atoms with Crippen LogP contribution in [-0.4, -0.2) is 63.5 Å². The summed E-state index contributed by atoms with van der Waals surface area (Å²) in [5.41, 5.74) is 0.193. The number of halogens is 4. The Kier molecular flexibility index (Phi) is 10.2. The first-order valence-electron chi connectivity index (χ1n) is 9.19. The Balaban J connectivity index is 0.00000420. The zero-order chi connectivity index (χ0) is 20.8. The fourth-order valence-electron chi connectivity index (χ4n) is 3.01. The molecule has 1 aliphatic rings. The molecule has 0 aliphatic carbocycles. The number of nitrogens with zero attached hydrogens (tertiary/aromatic N) is 2. The van der Waals surface area contributed by atoms with Crippen LogP contribution in [0.1, 0.15) is 24.5 Å². The Labute approximate surface area is 187 Å². The molecule has 1 heterocycles. The van der Waals surface area contributed by atoms with Gasteiger partial charge in [-0.1, -0.05) is 19.1 Å². The van der Waals surface area contributed by atoms with Crippen molar-refractivity contribution in [3.05, 3.63) is 35.4 Å². The molecule has 2 N–H and O–H groups in total. The van der Waals surface area contributed by atoms with E-state index in [1.165, 1.54) is 12.1 Å². The summed E-state index contributed by atoms with van der Waals surface area (Å²) in [6.07, 6.45) is -3.45. The highest BCUT2D eigenvalue weighted by Crippen LogP contribution is 2.29. The first-order valence-corrected chi connectivity index (χ1v) is 11.0. The monoisotopic (exact) mass is 548 g/mol. The van der Waals surface area contributed by atoms with Crippen molar-refractivity contribution in [3.8, 4) is 0 Å². The van der Waals surface area contributed by atoms with Gasteiger partial charge in [0.2, 0.25) is 0 Å². The molecule has 1 unspecified atom stereocenters. The number of sulfone groups is 1. The minimum atomic E-state index is -4.32. The highest BCUT2D eigenvalue weighted by atomic mass is 127. The van der Waals surface area contributed by atoms with Crippen LogP contribution in [0.25, 0.3) is 0 Å². The van der Waals surface area contributed by atoms with E-state index in [4.69, 9.17) is 0 Å². The first kappa shape index (κ1) is 26.0. The van der Waals surface area contributed by atoms with Crippen molar-refractivity contribution >= 4 is 39.8 Å². The van der Waals surface area contributed by atoms with Gasteiger partial charge in [-0.2, -0.15) is 13.2 Å². The van der Waals surface area contributed by atoms with Crippen LogP contribution in [-0.2, 0) is 22.6 Å². The first-order chi connectivity index (χ1) is 13.1. The minimum Gasteiger partial charge on any atom is -0.355 e. The average molecular weight is 548 g/mol. The third-order valence-corrected chi connectivity index (χ3v) is 6.38. The van der Waals surface area contributed by atoms with Crippen molar-refractivity contribution in [2.24, 2.45) is 4.99 Å². The lowest BCUT2D eigenvalue weighted by molar-refractivity contribution is -0.137. The lowest BCUT2D eigenvalue weighted by Crippen LogP contribution is -2.45. The summed E-state index contributed by atoms with van der Waals surface area (Å²) in [6.45, 7) is 4.04. The molecule has 1 aliphatic heterocycles. The van der Waals surface area contributed by atoms with Gasteiger partial charge in [-0.15, -0.1) is 24.0 Å². The summed E-state index contributed by atoms with van der Waals surface area (Å²) in [7, 11) is -1.41. The number of hydrogen-bond acceptors (Lipinski definition) is 4. The van der Waals surface area contributed by atoms with Crippen molar-refractivity contribution in [2.75, 3.05) is 38.2 Å². The smallest absolute Gasteiger partial charge is 0.355 e. The minimum absolute atomic E-state index is 0. The van der Waals surface area contributed by atoms with E-state index in [9.17, 15) is 21.6 Å². The molecule has 1 saturated heterocycles. The highest BCUT2D eigenvalue weighted by molar-refractivity contribution is 14.0. The molecule has 0 aromatic heterocycles. The second-order valence-electron chi connectivity index (χ2n) is 6.80. The van der Waals surface area contributed by atoms with Crippen molar-refractivity contribution in [3.63, 3.8) is 0 Å². The molecule has 0 bridgehead atoms. The Morgan fingerprint density at radius 2 is 1.93 bits per heavy atom. The molecule has 1 aromatic carbocycles. The summed E-state index contributed by atoms with van der Waals surface area (Å²) in [4.78, 5) is 6.27. The van der Waals surface area contributed by atoms with E-state index >= 15 is 0 Å².